The third-order valence-corrected chi connectivity index (χ3v) is 2.55. The molecule has 1 amide bonds. The summed E-state index contributed by atoms with van der Waals surface area (Å²) in [6.45, 7) is 0.100. The van der Waals surface area contributed by atoms with Gasteiger partial charge in [-0.2, -0.15) is 0 Å². The van der Waals surface area contributed by atoms with Gasteiger partial charge in [0.15, 0.2) is 0 Å². The zero-order valence-corrected chi connectivity index (χ0v) is 10.9. The second-order valence-electron chi connectivity index (χ2n) is 3.87. The molecule has 0 unspecified atom stereocenters. The normalized spacial score (nSPS) is 10.3. The Kier molecular flexibility index (Phi) is 5.81. The van der Waals surface area contributed by atoms with Gasteiger partial charge in [0.05, 0.1) is 24.3 Å². The van der Waals surface area contributed by atoms with E-state index in [1.54, 1.807) is 0 Å². The first-order valence-electron chi connectivity index (χ1n) is 5.77. The number of aliphatic hydroxyl groups is 1. The van der Waals surface area contributed by atoms with Crippen molar-refractivity contribution in [2.75, 3.05) is 33.4 Å². The lowest BCUT2D eigenvalue weighted by Crippen LogP contribution is -2.38. The maximum atomic E-state index is 12.2. The summed E-state index contributed by atoms with van der Waals surface area (Å²) < 4.78 is 4.83. The lowest BCUT2D eigenvalue weighted by atomic mass is 10.2. The highest BCUT2D eigenvalue weighted by atomic mass is 16.6. The molecule has 1 aromatic heterocycles. The summed E-state index contributed by atoms with van der Waals surface area (Å²) in [5.74, 6) is -0.693. The maximum Gasteiger partial charge on any atom is 0.286 e. The van der Waals surface area contributed by atoms with E-state index in [1.807, 2.05) is 0 Å². The number of nitro groups is 1. The molecule has 0 aliphatic rings. The third-order valence-electron chi connectivity index (χ3n) is 2.55. The quantitative estimate of drug-likeness (QED) is 0.507. The molecule has 0 saturated heterocycles. The molecule has 110 valence electrons. The van der Waals surface area contributed by atoms with Crippen molar-refractivity contribution >= 4 is 11.6 Å². The smallest absolute Gasteiger partial charge is 0.286 e. The number of pyridine rings is 1. The van der Waals surface area contributed by atoms with Crippen molar-refractivity contribution < 1.29 is 19.6 Å². The van der Waals surface area contributed by atoms with Gasteiger partial charge in [0, 0.05) is 26.3 Å². The van der Waals surface area contributed by atoms with Gasteiger partial charge in [-0.05, 0) is 0 Å². The number of rotatable bonds is 7. The van der Waals surface area contributed by atoms with Crippen LogP contribution in [0.5, 0.6) is 0 Å². The molecule has 0 bridgehead atoms. The van der Waals surface area contributed by atoms with Crippen LogP contribution in [0.25, 0.3) is 0 Å². The van der Waals surface area contributed by atoms with Crippen LogP contribution in [-0.4, -0.2) is 59.2 Å². The number of aromatic nitrogens is 1. The molecule has 0 spiro atoms. The van der Waals surface area contributed by atoms with Crippen LogP contribution in [0.15, 0.2) is 17.1 Å². The fourth-order valence-corrected chi connectivity index (χ4v) is 1.54. The minimum Gasteiger partial charge on any atom is -0.395 e. The number of amides is 1. The summed E-state index contributed by atoms with van der Waals surface area (Å²) in [4.78, 5) is 37.0. The Morgan fingerprint density at radius 1 is 1.55 bits per heavy atom. The number of methoxy groups -OCH3 is 1. The lowest BCUT2D eigenvalue weighted by molar-refractivity contribution is -0.385. The Morgan fingerprint density at radius 2 is 2.25 bits per heavy atom. The van der Waals surface area contributed by atoms with E-state index in [0.29, 0.717) is 0 Å². The summed E-state index contributed by atoms with van der Waals surface area (Å²) in [6, 6.07) is 0.915. The Hall–Kier alpha value is -2.26. The molecule has 1 heterocycles. The standard InChI is InChI=1S/C11H15N3O6/c1-20-5-3-13(2-4-15)11(17)9-6-8(14(18)19)7-12-10(9)16/h6-7,15H,2-5H2,1H3,(H,12,16). The van der Waals surface area contributed by atoms with Crippen LogP contribution in [0.3, 0.4) is 0 Å². The predicted octanol–water partition coefficient (Wildman–Crippen LogP) is -0.636. The zero-order chi connectivity index (χ0) is 15.1. The van der Waals surface area contributed by atoms with E-state index in [-0.39, 0.29) is 37.6 Å². The van der Waals surface area contributed by atoms with Crippen molar-refractivity contribution in [3.8, 4) is 0 Å². The van der Waals surface area contributed by atoms with E-state index in [4.69, 9.17) is 9.84 Å². The van der Waals surface area contributed by atoms with Crippen molar-refractivity contribution in [3.63, 3.8) is 0 Å². The van der Waals surface area contributed by atoms with Gasteiger partial charge >= 0.3 is 0 Å². The molecule has 2 N–H and O–H groups in total. The highest BCUT2D eigenvalue weighted by Gasteiger charge is 2.21. The molecule has 0 aromatic carbocycles. The van der Waals surface area contributed by atoms with Crippen molar-refractivity contribution in [2.24, 2.45) is 0 Å². The van der Waals surface area contributed by atoms with Crippen LogP contribution in [0, 0.1) is 10.1 Å². The molecule has 9 heteroatoms. The number of aliphatic hydroxyl groups excluding tert-OH is 1. The molecular weight excluding hydrogens is 270 g/mol. The molecule has 20 heavy (non-hydrogen) atoms. The predicted molar refractivity (Wildman–Crippen MR) is 68.6 cm³/mol. The number of hydrogen-bond donors (Lipinski definition) is 2. The van der Waals surface area contributed by atoms with Gasteiger partial charge in [-0.25, -0.2) is 0 Å². The molecule has 0 fully saturated rings. The molecule has 0 atom stereocenters. The van der Waals surface area contributed by atoms with E-state index >= 15 is 0 Å². The van der Waals surface area contributed by atoms with E-state index in [1.165, 1.54) is 12.0 Å². The number of H-pyrrole nitrogens is 1. The summed E-state index contributed by atoms with van der Waals surface area (Å²) in [7, 11) is 1.45. The van der Waals surface area contributed by atoms with E-state index in [2.05, 4.69) is 4.98 Å². The first kappa shape index (κ1) is 15.8. The summed E-state index contributed by atoms with van der Waals surface area (Å²) in [5.41, 5.74) is -1.45. The fraction of sp³-hybridized carbons (Fsp3) is 0.455. The number of carbonyl (C=O) groups excluding carboxylic acids is 1. The number of nitrogens with one attached hydrogen (secondary N) is 1. The zero-order valence-electron chi connectivity index (χ0n) is 10.9. The average molecular weight is 285 g/mol. The minimum absolute atomic E-state index is 0.00429. The topological polar surface area (TPSA) is 126 Å². The highest BCUT2D eigenvalue weighted by Crippen LogP contribution is 2.10. The fourth-order valence-electron chi connectivity index (χ4n) is 1.54. The molecule has 0 aliphatic carbocycles. The molecular formula is C11H15N3O6. The van der Waals surface area contributed by atoms with Gasteiger partial charge < -0.3 is 19.7 Å². The van der Waals surface area contributed by atoms with Gasteiger partial charge in [-0.3, -0.25) is 19.7 Å². The molecule has 1 aromatic rings. The highest BCUT2D eigenvalue weighted by molar-refractivity contribution is 5.94. The Morgan fingerprint density at radius 3 is 2.80 bits per heavy atom. The number of carbonyl (C=O) groups is 1. The van der Waals surface area contributed by atoms with Gasteiger partial charge in [-0.15, -0.1) is 0 Å². The Bertz CT molecular complexity index is 541. The summed E-state index contributed by atoms with van der Waals surface area (Å²) in [5, 5.41) is 19.6. The van der Waals surface area contributed by atoms with E-state index in [0.717, 1.165) is 12.3 Å². The maximum absolute atomic E-state index is 12.2. The summed E-state index contributed by atoms with van der Waals surface area (Å²) in [6.07, 6.45) is 0.921. The van der Waals surface area contributed by atoms with Crippen molar-refractivity contribution in [3.05, 3.63) is 38.3 Å². The van der Waals surface area contributed by atoms with Gasteiger partial charge in [0.1, 0.15) is 5.56 Å². The van der Waals surface area contributed by atoms with Crippen LogP contribution in [-0.2, 0) is 4.74 Å². The van der Waals surface area contributed by atoms with Crippen molar-refractivity contribution in [1.29, 1.82) is 0 Å². The van der Waals surface area contributed by atoms with Crippen LogP contribution in [0.1, 0.15) is 10.4 Å². The molecule has 0 saturated carbocycles. The molecule has 0 radical (unpaired) electrons. The number of nitrogens with zero attached hydrogens (tertiary/aromatic N) is 2. The third kappa shape index (κ3) is 3.87. The average Bonchev–Trinajstić information content (AvgIpc) is 2.43. The monoisotopic (exact) mass is 285 g/mol. The van der Waals surface area contributed by atoms with E-state index in [9.17, 15) is 19.7 Å². The number of ether oxygens (including phenoxy) is 1. The molecule has 0 aliphatic heterocycles. The first-order chi connectivity index (χ1) is 9.51. The largest absolute Gasteiger partial charge is 0.395 e. The van der Waals surface area contributed by atoms with Crippen LogP contribution >= 0.6 is 0 Å². The van der Waals surface area contributed by atoms with Gasteiger partial charge in [0.25, 0.3) is 17.2 Å². The van der Waals surface area contributed by atoms with Gasteiger partial charge in [-0.1, -0.05) is 0 Å². The summed E-state index contributed by atoms with van der Waals surface area (Å²) >= 11 is 0. The van der Waals surface area contributed by atoms with Gasteiger partial charge in [0.2, 0.25) is 0 Å². The van der Waals surface area contributed by atoms with E-state index < -0.39 is 16.4 Å². The minimum atomic E-state index is -0.721. The Labute approximate surface area is 113 Å². The second kappa shape index (κ2) is 7.36. The molecule has 1 rings (SSSR count). The number of hydrogen-bond acceptors (Lipinski definition) is 6. The van der Waals surface area contributed by atoms with Crippen LogP contribution in [0.2, 0.25) is 0 Å². The Balaban J connectivity index is 3.06. The SMILES string of the molecule is COCCN(CCO)C(=O)c1cc([N+](=O)[O-])c[nH]c1=O. The first-order valence-corrected chi connectivity index (χ1v) is 5.77. The van der Waals surface area contributed by atoms with Crippen molar-refractivity contribution in [2.45, 2.75) is 0 Å². The van der Waals surface area contributed by atoms with Crippen molar-refractivity contribution in [1.82, 2.24) is 9.88 Å². The lowest BCUT2D eigenvalue weighted by Gasteiger charge is -2.20. The number of aromatic amines is 1. The van der Waals surface area contributed by atoms with Crippen LogP contribution in [0.4, 0.5) is 5.69 Å². The molecule has 9 nitrogen and oxygen atoms in total. The van der Waals surface area contributed by atoms with Crippen LogP contribution < -0.4 is 5.56 Å². The second-order valence-corrected chi connectivity index (χ2v) is 3.87.